The fourth-order valence-electron chi connectivity index (χ4n) is 4.54. The number of thioether (sulfide) groups is 1. The fraction of sp³-hybridized carbons (Fsp3) is 0.500. The minimum absolute atomic E-state index is 0.0497. The van der Waals surface area contributed by atoms with Crippen LogP contribution in [-0.2, 0) is 16.1 Å². The lowest BCUT2D eigenvalue weighted by Gasteiger charge is -2.34. The number of amides is 2. The van der Waals surface area contributed by atoms with E-state index >= 15 is 0 Å². The van der Waals surface area contributed by atoms with Gasteiger partial charge in [-0.3, -0.25) is 9.59 Å². The Hall–Kier alpha value is -2.74. The number of esters is 1. The van der Waals surface area contributed by atoms with Crippen LogP contribution in [0.3, 0.4) is 0 Å². The molecule has 7 nitrogen and oxygen atoms in total. The second-order valence-electron chi connectivity index (χ2n) is 8.83. The van der Waals surface area contributed by atoms with Gasteiger partial charge in [0.25, 0.3) is 5.91 Å². The first-order valence-corrected chi connectivity index (χ1v) is 13.0. The number of carbonyl (C=O) groups excluding carboxylic acids is 3. The monoisotopic (exact) mass is 485 g/mol. The maximum atomic E-state index is 13.1. The van der Waals surface area contributed by atoms with Crippen LogP contribution in [0.15, 0.2) is 29.2 Å². The standard InChI is InChI=1S/C26H35N3O4S/c1-6-33-26(32)22-17(3)23(28-18(22)4)25(31)29-13-11-20(12-14-29)16(2)24(30)27-15-19-7-9-21(34-5)10-8-19/h7-10,16,20,28H,6,11-15H2,1-5H3,(H,27,30)/t16-/m0/s1. The molecule has 1 atom stereocenters. The van der Waals surface area contributed by atoms with Gasteiger partial charge in [0.2, 0.25) is 5.91 Å². The van der Waals surface area contributed by atoms with Gasteiger partial charge >= 0.3 is 5.97 Å². The molecule has 34 heavy (non-hydrogen) atoms. The molecule has 1 aromatic heterocycles. The van der Waals surface area contributed by atoms with Crippen LogP contribution >= 0.6 is 11.8 Å². The second-order valence-corrected chi connectivity index (χ2v) is 9.71. The highest BCUT2D eigenvalue weighted by atomic mass is 32.2. The first-order chi connectivity index (χ1) is 16.3. The summed E-state index contributed by atoms with van der Waals surface area (Å²) in [5.41, 5.74) is 3.23. The number of benzene rings is 1. The summed E-state index contributed by atoms with van der Waals surface area (Å²) in [5, 5.41) is 3.06. The molecule has 1 aliphatic rings. The van der Waals surface area contributed by atoms with Crippen LogP contribution in [0, 0.1) is 25.7 Å². The van der Waals surface area contributed by atoms with Crippen molar-refractivity contribution in [3.05, 3.63) is 52.3 Å². The number of hydrogen-bond acceptors (Lipinski definition) is 5. The van der Waals surface area contributed by atoms with Crippen molar-refractivity contribution in [1.82, 2.24) is 15.2 Å². The molecular weight excluding hydrogens is 450 g/mol. The molecule has 1 aliphatic heterocycles. The van der Waals surface area contributed by atoms with Crippen molar-refractivity contribution in [2.75, 3.05) is 26.0 Å². The van der Waals surface area contributed by atoms with Gasteiger partial charge in [-0.2, -0.15) is 0 Å². The van der Waals surface area contributed by atoms with E-state index in [1.165, 1.54) is 4.90 Å². The van der Waals surface area contributed by atoms with E-state index in [1.54, 1.807) is 32.5 Å². The number of nitrogens with zero attached hydrogens (tertiary/aromatic N) is 1. The highest BCUT2D eigenvalue weighted by molar-refractivity contribution is 7.98. The molecule has 2 amide bonds. The Balaban J connectivity index is 1.54. The minimum Gasteiger partial charge on any atom is -0.462 e. The van der Waals surface area contributed by atoms with Gasteiger partial charge in [0.05, 0.1) is 12.2 Å². The van der Waals surface area contributed by atoms with E-state index in [-0.39, 0.29) is 30.3 Å². The first kappa shape index (κ1) is 25.9. The third-order valence-corrected chi connectivity index (χ3v) is 7.45. The molecule has 2 aromatic rings. The lowest BCUT2D eigenvalue weighted by atomic mass is 9.84. The fourth-order valence-corrected chi connectivity index (χ4v) is 4.95. The molecule has 2 N–H and O–H groups in total. The quantitative estimate of drug-likeness (QED) is 0.429. The molecule has 2 heterocycles. The van der Waals surface area contributed by atoms with Gasteiger partial charge in [-0.25, -0.2) is 4.79 Å². The summed E-state index contributed by atoms with van der Waals surface area (Å²) in [6, 6.07) is 8.20. The Morgan fingerprint density at radius 3 is 2.41 bits per heavy atom. The highest BCUT2D eigenvalue weighted by Crippen LogP contribution is 2.28. The van der Waals surface area contributed by atoms with E-state index in [0.717, 1.165) is 18.4 Å². The summed E-state index contributed by atoms with van der Waals surface area (Å²) < 4.78 is 5.13. The second kappa shape index (κ2) is 11.6. The molecule has 0 saturated carbocycles. The van der Waals surface area contributed by atoms with E-state index in [1.807, 2.05) is 30.2 Å². The van der Waals surface area contributed by atoms with Crippen LogP contribution in [0.4, 0.5) is 0 Å². The Kier molecular flexibility index (Phi) is 8.83. The molecule has 1 saturated heterocycles. The van der Waals surface area contributed by atoms with Crippen LogP contribution in [0.5, 0.6) is 0 Å². The summed E-state index contributed by atoms with van der Waals surface area (Å²) in [6.45, 7) is 9.26. The Bertz CT molecular complexity index is 1020. The SMILES string of the molecule is CCOC(=O)c1c(C)[nH]c(C(=O)N2CCC([C@H](C)C(=O)NCc3ccc(SC)cc3)CC2)c1C. The van der Waals surface area contributed by atoms with Gasteiger partial charge in [-0.05, 0) is 69.0 Å². The van der Waals surface area contributed by atoms with Gasteiger partial charge in [0.1, 0.15) is 5.69 Å². The molecule has 0 radical (unpaired) electrons. The molecule has 184 valence electrons. The van der Waals surface area contributed by atoms with Crippen molar-refractivity contribution < 1.29 is 19.1 Å². The minimum atomic E-state index is -0.411. The van der Waals surface area contributed by atoms with E-state index in [0.29, 0.717) is 42.1 Å². The molecule has 1 fully saturated rings. The average molecular weight is 486 g/mol. The van der Waals surface area contributed by atoms with Crippen molar-refractivity contribution in [3.8, 4) is 0 Å². The number of aryl methyl sites for hydroxylation is 1. The number of H-pyrrole nitrogens is 1. The van der Waals surface area contributed by atoms with Crippen LogP contribution in [-0.4, -0.2) is 53.6 Å². The molecule has 3 rings (SSSR count). The van der Waals surface area contributed by atoms with Crippen LogP contribution in [0.25, 0.3) is 0 Å². The van der Waals surface area contributed by atoms with Gasteiger partial charge in [0, 0.05) is 36.1 Å². The average Bonchev–Trinajstić information content (AvgIpc) is 3.15. The summed E-state index contributed by atoms with van der Waals surface area (Å²) in [5.74, 6) is -0.363. The van der Waals surface area contributed by atoms with Crippen molar-refractivity contribution in [3.63, 3.8) is 0 Å². The largest absolute Gasteiger partial charge is 0.462 e. The molecule has 1 aromatic carbocycles. The zero-order chi connectivity index (χ0) is 24.8. The Labute approximate surface area is 206 Å². The number of nitrogens with one attached hydrogen (secondary N) is 2. The number of ether oxygens (including phenoxy) is 1. The van der Waals surface area contributed by atoms with Crippen LogP contribution in [0.1, 0.15) is 64.4 Å². The van der Waals surface area contributed by atoms with E-state index in [9.17, 15) is 14.4 Å². The smallest absolute Gasteiger partial charge is 0.340 e. The van der Waals surface area contributed by atoms with Crippen LogP contribution < -0.4 is 5.32 Å². The molecule has 0 bridgehead atoms. The summed E-state index contributed by atoms with van der Waals surface area (Å²) in [6.07, 6.45) is 3.58. The summed E-state index contributed by atoms with van der Waals surface area (Å²) in [7, 11) is 0. The summed E-state index contributed by atoms with van der Waals surface area (Å²) >= 11 is 1.69. The Morgan fingerprint density at radius 2 is 1.82 bits per heavy atom. The van der Waals surface area contributed by atoms with Crippen LogP contribution in [0.2, 0.25) is 0 Å². The number of likely N-dealkylation sites (tertiary alicyclic amines) is 1. The molecule has 0 unspecified atom stereocenters. The number of rotatable bonds is 8. The van der Waals surface area contributed by atoms with E-state index in [4.69, 9.17) is 4.74 Å². The number of aromatic amines is 1. The van der Waals surface area contributed by atoms with Gasteiger partial charge < -0.3 is 19.9 Å². The van der Waals surface area contributed by atoms with Gasteiger partial charge in [0.15, 0.2) is 0 Å². The zero-order valence-corrected chi connectivity index (χ0v) is 21.5. The lowest BCUT2D eigenvalue weighted by Crippen LogP contribution is -2.42. The summed E-state index contributed by atoms with van der Waals surface area (Å²) in [4.78, 5) is 44.2. The third-order valence-electron chi connectivity index (χ3n) is 6.70. The zero-order valence-electron chi connectivity index (χ0n) is 20.7. The predicted octanol–water partition coefficient (Wildman–Crippen LogP) is 4.33. The number of carbonyl (C=O) groups is 3. The van der Waals surface area contributed by atoms with Gasteiger partial charge in [-0.15, -0.1) is 11.8 Å². The van der Waals surface area contributed by atoms with E-state index < -0.39 is 5.97 Å². The number of aromatic nitrogens is 1. The first-order valence-electron chi connectivity index (χ1n) is 11.8. The number of hydrogen-bond donors (Lipinski definition) is 2. The topological polar surface area (TPSA) is 91.5 Å². The molecule has 0 spiro atoms. The molecule has 0 aliphatic carbocycles. The normalized spacial score (nSPS) is 15.1. The maximum absolute atomic E-state index is 13.1. The maximum Gasteiger partial charge on any atom is 0.340 e. The van der Waals surface area contributed by atoms with Crippen molar-refractivity contribution in [2.24, 2.45) is 11.8 Å². The third kappa shape index (κ3) is 5.84. The van der Waals surface area contributed by atoms with Gasteiger partial charge in [-0.1, -0.05) is 19.1 Å². The number of piperidine rings is 1. The predicted molar refractivity (Wildman–Crippen MR) is 134 cm³/mol. The van der Waals surface area contributed by atoms with Crippen molar-refractivity contribution in [1.29, 1.82) is 0 Å². The Morgan fingerprint density at radius 1 is 1.18 bits per heavy atom. The van der Waals surface area contributed by atoms with Crippen molar-refractivity contribution in [2.45, 2.75) is 52.0 Å². The lowest BCUT2D eigenvalue weighted by molar-refractivity contribution is -0.126. The highest BCUT2D eigenvalue weighted by Gasteiger charge is 2.32. The van der Waals surface area contributed by atoms with Crippen molar-refractivity contribution >= 4 is 29.5 Å². The molecular formula is C26H35N3O4S. The molecule has 8 heteroatoms. The van der Waals surface area contributed by atoms with E-state index in [2.05, 4.69) is 22.4 Å².